The molecule has 0 bridgehead atoms. The first-order valence-corrected chi connectivity index (χ1v) is 9.06. The van der Waals surface area contributed by atoms with Gasteiger partial charge >= 0.3 is 0 Å². The lowest BCUT2D eigenvalue weighted by molar-refractivity contribution is 0.583. The second kappa shape index (κ2) is 6.13. The van der Waals surface area contributed by atoms with E-state index in [2.05, 4.69) is 14.9 Å². The molecule has 2 aromatic carbocycles. The van der Waals surface area contributed by atoms with Crippen molar-refractivity contribution in [1.29, 1.82) is 0 Å². The zero-order valence-electron chi connectivity index (χ0n) is 13.8. The molecule has 0 amide bonds. The van der Waals surface area contributed by atoms with Crippen molar-refractivity contribution < 1.29 is 8.42 Å². The van der Waals surface area contributed by atoms with Crippen molar-refractivity contribution in [3.63, 3.8) is 0 Å². The molecule has 0 fully saturated rings. The van der Waals surface area contributed by atoms with Crippen LogP contribution in [0.5, 0.6) is 0 Å². The minimum absolute atomic E-state index is 0.248. The molecule has 6 heteroatoms. The zero-order chi connectivity index (χ0) is 17.3. The van der Waals surface area contributed by atoms with Crippen molar-refractivity contribution in [2.24, 2.45) is 5.10 Å². The van der Waals surface area contributed by atoms with Crippen molar-refractivity contribution in [3.05, 3.63) is 65.4 Å². The van der Waals surface area contributed by atoms with Crippen LogP contribution >= 0.6 is 0 Å². The van der Waals surface area contributed by atoms with E-state index in [0.29, 0.717) is 11.3 Å². The van der Waals surface area contributed by atoms with Gasteiger partial charge < -0.3 is 4.98 Å². The van der Waals surface area contributed by atoms with Gasteiger partial charge in [-0.3, -0.25) is 0 Å². The molecule has 2 N–H and O–H groups in total. The first-order valence-electron chi connectivity index (χ1n) is 7.58. The Kier molecular flexibility index (Phi) is 4.15. The quantitative estimate of drug-likeness (QED) is 0.563. The van der Waals surface area contributed by atoms with Gasteiger partial charge in [0.1, 0.15) is 0 Å². The smallest absolute Gasteiger partial charge is 0.276 e. The van der Waals surface area contributed by atoms with Gasteiger partial charge in [0, 0.05) is 22.7 Å². The number of aryl methyl sites for hydroxylation is 2. The number of aromatic nitrogens is 1. The first kappa shape index (κ1) is 16.3. The van der Waals surface area contributed by atoms with Gasteiger partial charge in [0.05, 0.1) is 10.6 Å². The molecule has 124 valence electrons. The van der Waals surface area contributed by atoms with E-state index in [1.165, 1.54) is 0 Å². The largest absolute Gasteiger partial charge is 0.360 e. The fraction of sp³-hybridized carbons (Fsp3) is 0.167. The van der Waals surface area contributed by atoms with Gasteiger partial charge in [-0.1, -0.05) is 30.3 Å². The van der Waals surface area contributed by atoms with Crippen LogP contribution < -0.4 is 4.83 Å². The molecule has 0 saturated carbocycles. The van der Waals surface area contributed by atoms with E-state index in [1.807, 2.05) is 43.5 Å². The standard InChI is InChI=1S/C18H19N3O2S/c1-12-8-9-13(2)18(10-12)24(22,23)21-20-14(3)16-11-19-17-7-5-4-6-15(16)17/h4-11,19,21H,1-3H3/b20-14+. The van der Waals surface area contributed by atoms with Gasteiger partial charge in [-0.2, -0.15) is 18.4 Å². The summed E-state index contributed by atoms with van der Waals surface area (Å²) in [5, 5.41) is 5.10. The van der Waals surface area contributed by atoms with Gasteiger partial charge in [-0.05, 0) is 44.0 Å². The minimum atomic E-state index is -3.70. The summed E-state index contributed by atoms with van der Waals surface area (Å²) >= 11 is 0. The number of nitrogens with zero attached hydrogens (tertiary/aromatic N) is 1. The summed E-state index contributed by atoms with van der Waals surface area (Å²) in [6.07, 6.45) is 1.83. The average Bonchev–Trinajstić information content (AvgIpc) is 2.99. The lowest BCUT2D eigenvalue weighted by atomic mass is 10.1. The maximum Gasteiger partial charge on any atom is 0.276 e. The third kappa shape index (κ3) is 3.05. The highest BCUT2D eigenvalue weighted by atomic mass is 32.2. The summed E-state index contributed by atoms with van der Waals surface area (Å²) in [5.74, 6) is 0. The predicted molar refractivity (Wildman–Crippen MR) is 96.7 cm³/mol. The highest BCUT2D eigenvalue weighted by Crippen LogP contribution is 2.19. The molecule has 0 radical (unpaired) electrons. The highest BCUT2D eigenvalue weighted by molar-refractivity contribution is 7.89. The van der Waals surface area contributed by atoms with E-state index in [-0.39, 0.29) is 4.90 Å². The summed E-state index contributed by atoms with van der Waals surface area (Å²) in [6, 6.07) is 13.1. The number of aromatic amines is 1. The molecular weight excluding hydrogens is 322 g/mol. The fourth-order valence-corrected chi connectivity index (χ4v) is 3.79. The van der Waals surface area contributed by atoms with Gasteiger partial charge in [-0.15, -0.1) is 0 Å². The Morgan fingerprint density at radius 1 is 1.12 bits per heavy atom. The van der Waals surface area contributed by atoms with E-state index >= 15 is 0 Å². The van der Waals surface area contributed by atoms with Crippen LogP contribution in [0.4, 0.5) is 0 Å². The van der Waals surface area contributed by atoms with Gasteiger partial charge in [0.25, 0.3) is 10.0 Å². The van der Waals surface area contributed by atoms with Crippen LogP contribution in [-0.2, 0) is 10.0 Å². The Morgan fingerprint density at radius 3 is 2.67 bits per heavy atom. The van der Waals surface area contributed by atoms with Crippen molar-refractivity contribution in [2.45, 2.75) is 25.7 Å². The Hall–Kier alpha value is -2.60. The summed E-state index contributed by atoms with van der Waals surface area (Å²) < 4.78 is 25.0. The van der Waals surface area contributed by atoms with Crippen LogP contribution in [0.1, 0.15) is 23.6 Å². The fourth-order valence-electron chi connectivity index (χ4n) is 2.61. The molecule has 3 aromatic rings. The second-order valence-corrected chi connectivity index (χ2v) is 7.44. The van der Waals surface area contributed by atoms with Crippen LogP contribution in [0.3, 0.4) is 0 Å². The van der Waals surface area contributed by atoms with Gasteiger partial charge in [0.15, 0.2) is 0 Å². The average molecular weight is 341 g/mol. The maximum absolute atomic E-state index is 12.5. The van der Waals surface area contributed by atoms with E-state index in [0.717, 1.165) is 22.0 Å². The molecule has 0 unspecified atom stereocenters. The molecule has 24 heavy (non-hydrogen) atoms. The van der Waals surface area contributed by atoms with Gasteiger partial charge in [0.2, 0.25) is 0 Å². The lowest BCUT2D eigenvalue weighted by Gasteiger charge is -2.08. The summed E-state index contributed by atoms with van der Waals surface area (Å²) in [6.45, 7) is 5.41. The molecular formula is C18H19N3O2S. The van der Waals surface area contributed by atoms with E-state index in [1.54, 1.807) is 26.0 Å². The second-order valence-electron chi connectivity index (χ2n) is 5.81. The number of rotatable bonds is 4. The number of benzene rings is 2. The Morgan fingerprint density at radius 2 is 1.88 bits per heavy atom. The van der Waals surface area contributed by atoms with E-state index < -0.39 is 10.0 Å². The molecule has 5 nitrogen and oxygen atoms in total. The first-order chi connectivity index (χ1) is 11.4. The number of nitrogens with one attached hydrogen (secondary N) is 2. The monoisotopic (exact) mass is 341 g/mol. The lowest BCUT2D eigenvalue weighted by Crippen LogP contribution is -2.21. The number of para-hydroxylation sites is 1. The number of H-pyrrole nitrogens is 1. The Bertz CT molecular complexity index is 1030. The third-order valence-corrected chi connectivity index (χ3v) is 5.30. The SMILES string of the molecule is C/C(=N\NS(=O)(=O)c1cc(C)ccc1C)c1c[nH]c2ccccc12. The molecule has 0 saturated heterocycles. The molecule has 1 heterocycles. The molecule has 0 aliphatic rings. The van der Waals surface area contributed by atoms with Crippen LogP contribution in [-0.4, -0.2) is 19.1 Å². The van der Waals surface area contributed by atoms with Crippen molar-refractivity contribution in [1.82, 2.24) is 9.82 Å². The van der Waals surface area contributed by atoms with E-state index in [9.17, 15) is 8.42 Å². The normalized spacial score (nSPS) is 12.5. The number of sulfonamides is 1. The minimum Gasteiger partial charge on any atom is -0.360 e. The molecule has 0 spiro atoms. The molecule has 0 atom stereocenters. The van der Waals surface area contributed by atoms with Crippen molar-refractivity contribution in [3.8, 4) is 0 Å². The molecule has 3 rings (SSSR count). The Labute approximate surface area is 141 Å². The Balaban J connectivity index is 1.93. The number of fused-ring (bicyclic) bond motifs is 1. The van der Waals surface area contributed by atoms with Crippen LogP contribution in [0.25, 0.3) is 10.9 Å². The molecule has 0 aliphatic carbocycles. The van der Waals surface area contributed by atoms with Crippen molar-refractivity contribution >= 4 is 26.6 Å². The summed E-state index contributed by atoms with van der Waals surface area (Å²) in [4.78, 5) is 5.75. The molecule has 0 aliphatic heterocycles. The zero-order valence-corrected chi connectivity index (χ0v) is 14.6. The van der Waals surface area contributed by atoms with Crippen LogP contribution in [0, 0.1) is 13.8 Å². The maximum atomic E-state index is 12.5. The number of hydrazone groups is 1. The number of hydrogen-bond acceptors (Lipinski definition) is 3. The molecule has 1 aromatic heterocycles. The highest BCUT2D eigenvalue weighted by Gasteiger charge is 2.16. The number of hydrogen-bond donors (Lipinski definition) is 2. The third-order valence-electron chi connectivity index (χ3n) is 3.95. The van der Waals surface area contributed by atoms with Gasteiger partial charge in [-0.25, -0.2) is 0 Å². The van der Waals surface area contributed by atoms with E-state index in [4.69, 9.17) is 0 Å². The predicted octanol–water partition coefficient (Wildman–Crippen LogP) is 3.49. The summed E-state index contributed by atoms with van der Waals surface area (Å²) in [7, 11) is -3.70. The van der Waals surface area contributed by atoms with Crippen LogP contribution in [0.15, 0.2) is 58.7 Å². The van der Waals surface area contributed by atoms with Crippen molar-refractivity contribution in [2.75, 3.05) is 0 Å². The summed E-state index contributed by atoms with van der Waals surface area (Å²) in [5.41, 5.74) is 4.03. The topological polar surface area (TPSA) is 74.3 Å². The van der Waals surface area contributed by atoms with Crippen LogP contribution in [0.2, 0.25) is 0 Å².